The van der Waals surface area contributed by atoms with E-state index in [1.165, 1.54) is 12.8 Å². The number of hydrogen-bond donors (Lipinski definition) is 2. The number of benzene rings is 1. The van der Waals surface area contributed by atoms with Gasteiger partial charge in [0.1, 0.15) is 5.75 Å². The smallest absolute Gasteiger partial charge is 0.251 e. The molecule has 1 aromatic rings. The molecule has 0 aromatic heterocycles. The Labute approximate surface area is 108 Å². The fourth-order valence-corrected chi connectivity index (χ4v) is 2.54. The summed E-state index contributed by atoms with van der Waals surface area (Å²) < 4.78 is 0. The Kier molecular flexibility index (Phi) is 3.90. The second-order valence-electron chi connectivity index (χ2n) is 5.38. The van der Waals surface area contributed by atoms with Crippen LogP contribution in [0.4, 0.5) is 0 Å². The summed E-state index contributed by atoms with van der Waals surface area (Å²) in [6.45, 7) is 4.03. The lowest BCUT2D eigenvalue weighted by Crippen LogP contribution is -2.37. The van der Waals surface area contributed by atoms with Crippen LogP contribution in [0.5, 0.6) is 5.75 Å². The van der Waals surface area contributed by atoms with Gasteiger partial charge in [0.2, 0.25) is 0 Å². The van der Waals surface area contributed by atoms with E-state index in [2.05, 4.69) is 12.2 Å². The first-order valence-electron chi connectivity index (χ1n) is 6.67. The minimum atomic E-state index is -0.0667. The molecule has 0 bridgehead atoms. The Morgan fingerprint density at radius 1 is 1.28 bits per heavy atom. The molecule has 3 nitrogen and oxygen atoms in total. The maximum Gasteiger partial charge on any atom is 0.251 e. The van der Waals surface area contributed by atoms with Crippen LogP contribution >= 0.6 is 0 Å². The minimum absolute atomic E-state index is 0.0667. The molecule has 1 aliphatic carbocycles. The van der Waals surface area contributed by atoms with Crippen LogP contribution < -0.4 is 5.32 Å². The molecule has 0 aliphatic heterocycles. The number of phenolic OH excluding ortho intramolecular Hbond substituents is 1. The Bertz CT molecular complexity index is 434. The molecule has 1 amide bonds. The zero-order valence-corrected chi connectivity index (χ0v) is 11.1. The van der Waals surface area contributed by atoms with Gasteiger partial charge in [0.05, 0.1) is 0 Å². The lowest BCUT2D eigenvalue weighted by Gasteiger charge is -2.27. The van der Waals surface area contributed by atoms with E-state index in [0.29, 0.717) is 11.1 Å². The topological polar surface area (TPSA) is 49.3 Å². The van der Waals surface area contributed by atoms with Gasteiger partial charge in [-0.15, -0.1) is 0 Å². The van der Waals surface area contributed by atoms with Crippen LogP contribution in [0.3, 0.4) is 0 Å². The highest BCUT2D eigenvalue weighted by molar-refractivity contribution is 5.96. The number of phenols is 1. The van der Waals surface area contributed by atoms with Crippen LogP contribution in [-0.4, -0.2) is 17.1 Å². The molecule has 0 spiro atoms. The quantitative estimate of drug-likeness (QED) is 0.844. The van der Waals surface area contributed by atoms with E-state index >= 15 is 0 Å². The minimum Gasteiger partial charge on any atom is -0.508 e. The van der Waals surface area contributed by atoms with Gasteiger partial charge in [-0.3, -0.25) is 4.79 Å². The first kappa shape index (κ1) is 12.9. The molecule has 1 saturated carbocycles. The van der Waals surface area contributed by atoms with Gasteiger partial charge >= 0.3 is 0 Å². The first-order valence-corrected chi connectivity index (χ1v) is 6.67. The lowest BCUT2D eigenvalue weighted by atomic mass is 9.87. The van der Waals surface area contributed by atoms with E-state index in [1.807, 2.05) is 0 Å². The van der Waals surface area contributed by atoms with Crippen LogP contribution in [0.1, 0.15) is 48.5 Å². The molecule has 98 valence electrons. The largest absolute Gasteiger partial charge is 0.508 e. The van der Waals surface area contributed by atoms with E-state index in [9.17, 15) is 9.90 Å². The van der Waals surface area contributed by atoms with Crippen molar-refractivity contribution in [1.82, 2.24) is 5.32 Å². The van der Waals surface area contributed by atoms with Gasteiger partial charge in [0, 0.05) is 17.2 Å². The molecule has 18 heavy (non-hydrogen) atoms. The highest BCUT2D eigenvalue weighted by Crippen LogP contribution is 2.24. The van der Waals surface area contributed by atoms with Crippen molar-refractivity contribution < 1.29 is 9.90 Å². The Hall–Kier alpha value is -1.51. The van der Waals surface area contributed by atoms with Crippen molar-refractivity contribution in [3.63, 3.8) is 0 Å². The molecule has 0 heterocycles. The highest BCUT2D eigenvalue weighted by atomic mass is 16.3. The van der Waals surface area contributed by atoms with Crippen molar-refractivity contribution in [1.29, 1.82) is 0 Å². The molecule has 0 saturated heterocycles. The van der Waals surface area contributed by atoms with E-state index in [4.69, 9.17) is 0 Å². The maximum absolute atomic E-state index is 12.1. The van der Waals surface area contributed by atoms with Crippen molar-refractivity contribution in [2.24, 2.45) is 5.92 Å². The fraction of sp³-hybridized carbons (Fsp3) is 0.533. The average Bonchev–Trinajstić information content (AvgIpc) is 2.35. The lowest BCUT2D eigenvalue weighted by molar-refractivity contribution is 0.0922. The summed E-state index contributed by atoms with van der Waals surface area (Å²) in [6, 6.07) is 5.36. The maximum atomic E-state index is 12.1. The first-order chi connectivity index (χ1) is 8.58. The Balaban J connectivity index is 2.01. The second kappa shape index (κ2) is 5.42. The van der Waals surface area contributed by atoms with E-state index in [0.717, 1.165) is 18.8 Å². The average molecular weight is 247 g/mol. The predicted octanol–water partition coefficient (Wildman–Crippen LogP) is 3.01. The number of amides is 1. The highest BCUT2D eigenvalue weighted by Gasteiger charge is 2.21. The van der Waals surface area contributed by atoms with Crippen molar-refractivity contribution in [3.8, 4) is 5.75 Å². The molecule has 1 fully saturated rings. The van der Waals surface area contributed by atoms with Crippen molar-refractivity contribution in [2.75, 3.05) is 0 Å². The van der Waals surface area contributed by atoms with Gasteiger partial charge in [0.15, 0.2) is 0 Å². The third-order valence-electron chi connectivity index (χ3n) is 3.90. The summed E-state index contributed by atoms with van der Waals surface area (Å²) in [4.78, 5) is 12.1. The molecule has 2 N–H and O–H groups in total. The normalized spacial score (nSPS) is 23.7. The monoisotopic (exact) mass is 247 g/mol. The van der Waals surface area contributed by atoms with Crippen molar-refractivity contribution in [2.45, 2.75) is 45.6 Å². The fourth-order valence-electron chi connectivity index (χ4n) is 2.54. The number of aromatic hydroxyl groups is 1. The Morgan fingerprint density at radius 2 is 1.94 bits per heavy atom. The van der Waals surface area contributed by atoms with Crippen LogP contribution in [0, 0.1) is 12.8 Å². The van der Waals surface area contributed by atoms with E-state index in [-0.39, 0.29) is 17.7 Å². The number of hydrogen-bond acceptors (Lipinski definition) is 2. The van der Waals surface area contributed by atoms with Crippen LogP contribution in [0.2, 0.25) is 0 Å². The molecule has 2 rings (SSSR count). The molecular weight excluding hydrogens is 226 g/mol. The summed E-state index contributed by atoms with van der Waals surface area (Å²) in [5, 5.41) is 12.7. The SMILES string of the molecule is Cc1c(O)cccc1C(=O)NC1CCC(C)CC1. The zero-order chi connectivity index (χ0) is 13.1. The van der Waals surface area contributed by atoms with Crippen molar-refractivity contribution in [3.05, 3.63) is 29.3 Å². The third-order valence-corrected chi connectivity index (χ3v) is 3.90. The summed E-state index contributed by atoms with van der Waals surface area (Å²) >= 11 is 0. The molecular formula is C15H21NO2. The van der Waals surface area contributed by atoms with Gasteiger partial charge in [-0.25, -0.2) is 0 Å². The molecule has 1 aromatic carbocycles. The number of carbonyl (C=O) groups is 1. The molecule has 0 unspecified atom stereocenters. The van der Waals surface area contributed by atoms with Crippen molar-refractivity contribution >= 4 is 5.91 Å². The number of rotatable bonds is 2. The Morgan fingerprint density at radius 3 is 2.61 bits per heavy atom. The zero-order valence-electron chi connectivity index (χ0n) is 11.1. The summed E-state index contributed by atoms with van der Waals surface area (Å²) in [5.41, 5.74) is 1.23. The van der Waals surface area contributed by atoms with Gasteiger partial charge < -0.3 is 10.4 Å². The van der Waals surface area contributed by atoms with Gasteiger partial charge in [-0.05, 0) is 50.7 Å². The molecule has 0 radical (unpaired) electrons. The summed E-state index contributed by atoms with van der Waals surface area (Å²) in [7, 11) is 0. The second-order valence-corrected chi connectivity index (χ2v) is 5.38. The van der Waals surface area contributed by atoms with Crippen LogP contribution in [0.15, 0.2) is 18.2 Å². The van der Waals surface area contributed by atoms with Gasteiger partial charge in [0.25, 0.3) is 5.91 Å². The third kappa shape index (κ3) is 2.84. The molecule has 1 aliphatic rings. The van der Waals surface area contributed by atoms with Crippen LogP contribution in [0.25, 0.3) is 0 Å². The van der Waals surface area contributed by atoms with Gasteiger partial charge in [-0.2, -0.15) is 0 Å². The van der Waals surface area contributed by atoms with E-state index < -0.39 is 0 Å². The summed E-state index contributed by atoms with van der Waals surface area (Å²) in [6.07, 6.45) is 4.49. The van der Waals surface area contributed by atoms with E-state index in [1.54, 1.807) is 25.1 Å². The summed E-state index contributed by atoms with van der Waals surface area (Å²) in [5.74, 6) is 0.892. The molecule has 0 atom stereocenters. The van der Waals surface area contributed by atoms with Gasteiger partial charge in [-0.1, -0.05) is 13.0 Å². The standard InChI is InChI=1S/C15H21NO2/c1-10-6-8-12(9-7-10)16-15(18)13-4-3-5-14(17)11(13)2/h3-5,10,12,17H,6-9H2,1-2H3,(H,16,18). The number of nitrogens with one attached hydrogen (secondary N) is 1. The number of carbonyl (C=O) groups excluding carboxylic acids is 1. The van der Waals surface area contributed by atoms with Crippen LogP contribution in [-0.2, 0) is 0 Å². The molecule has 3 heteroatoms. The predicted molar refractivity (Wildman–Crippen MR) is 71.7 cm³/mol.